The molecule has 0 saturated heterocycles. The summed E-state index contributed by atoms with van der Waals surface area (Å²) in [4.78, 5) is 11.2. The lowest BCUT2D eigenvalue weighted by Crippen LogP contribution is -2.31. The summed E-state index contributed by atoms with van der Waals surface area (Å²) in [6, 6.07) is 0.210. The Labute approximate surface area is 79.2 Å². The summed E-state index contributed by atoms with van der Waals surface area (Å²) in [5.74, 6) is 0.162. The maximum absolute atomic E-state index is 11.2. The summed E-state index contributed by atoms with van der Waals surface area (Å²) in [6.45, 7) is 0. The Morgan fingerprint density at radius 3 is 3.25 bits per heavy atom. The van der Waals surface area contributed by atoms with Crippen LogP contribution < -0.4 is 5.32 Å². The van der Waals surface area contributed by atoms with Gasteiger partial charge in [0.25, 0.3) is 0 Å². The highest BCUT2D eigenvalue weighted by molar-refractivity contribution is 9.12. The standard InChI is InChI=1S/C9H8BrNO/c10-7-5-8-6(4-9(7)12)2-1-3-11-8/h1-3,5,8,11H,4H2. The smallest absolute Gasteiger partial charge is 0.173 e. The number of rotatable bonds is 0. The molecule has 12 heavy (non-hydrogen) atoms. The Kier molecular flexibility index (Phi) is 1.89. The van der Waals surface area contributed by atoms with E-state index in [4.69, 9.17) is 0 Å². The van der Waals surface area contributed by atoms with Gasteiger partial charge in [-0.2, -0.15) is 0 Å². The summed E-state index contributed by atoms with van der Waals surface area (Å²) in [5.41, 5.74) is 1.14. The summed E-state index contributed by atoms with van der Waals surface area (Å²) in [5, 5.41) is 3.16. The predicted octanol–water partition coefficient (Wildman–Crippen LogP) is 1.65. The molecule has 2 rings (SSSR count). The van der Waals surface area contributed by atoms with Crippen molar-refractivity contribution in [1.82, 2.24) is 5.32 Å². The van der Waals surface area contributed by atoms with Gasteiger partial charge in [0.05, 0.1) is 10.5 Å². The molecule has 0 bridgehead atoms. The minimum Gasteiger partial charge on any atom is -0.381 e. The number of dihydropyridines is 1. The Morgan fingerprint density at radius 2 is 2.42 bits per heavy atom. The zero-order valence-corrected chi connectivity index (χ0v) is 7.97. The van der Waals surface area contributed by atoms with Crippen molar-refractivity contribution >= 4 is 21.7 Å². The van der Waals surface area contributed by atoms with E-state index in [9.17, 15) is 4.79 Å². The molecule has 2 nitrogen and oxygen atoms in total. The number of allylic oxidation sites excluding steroid dienone is 3. The lowest BCUT2D eigenvalue weighted by atomic mass is 9.93. The number of hydrogen-bond donors (Lipinski definition) is 1. The molecule has 1 N–H and O–H groups in total. The highest BCUT2D eigenvalue weighted by Gasteiger charge is 2.23. The molecule has 0 spiro atoms. The van der Waals surface area contributed by atoms with Crippen molar-refractivity contribution in [1.29, 1.82) is 0 Å². The molecule has 2 aliphatic rings. The van der Waals surface area contributed by atoms with Gasteiger partial charge in [-0.3, -0.25) is 4.79 Å². The van der Waals surface area contributed by atoms with Crippen molar-refractivity contribution in [3.63, 3.8) is 0 Å². The minimum atomic E-state index is 0.162. The van der Waals surface area contributed by atoms with Crippen LogP contribution >= 0.6 is 15.9 Å². The predicted molar refractivity (Wildman–Crippen MR) is 50.8 cm³/mol. The monoisotopic (exact) mass is 225 g/mol. The van der Waals surface area contributed by atoms with E-state index in [0.717, 1.165) is 5.57 Å². The molecule has 1 unspecified atom stereocenters. The Morgan fingerprint density at radius 1 is 1.58 bits per heavy atom. The Bertz CT molecular complexity index is 314. The number of ketones is 1. The van der Waals surface area contributed by atoms with Crippen LogP contribution in [0.25, 0.3) is 0 Å². The molecule has 1 heterocycles. The van der Waals surface area contributed by atoms with Crippen LogP contribution in [-0.4, -0.2) is 11.8 Å². The van der Waals surface area contributed by atoms with Crippen LogP contribution in [0.3, 0.4) is 0 Å². The lowest BCUT2D eigenvalue weighted by molar-refractivity contribution is -0.114. The van der Waals surface area contributed by atoms with Gasteiger partial charge in [0.2, 0.25) is 0 Å². The van der Waals surface area contributed by atoms with Gasteiger partial charge in [-0.1, -0.05) is 6.08 Å². The van der Waals surface area contributed by atoms with E-state index in [-0.39, 0.29) is 11.8 Å². The molecule has 0 aromatic carbocycles. The van der Waals surface area contributed by atoms with Crippen molar-refractivity contribution < 1.29 is 4.79 Å². The van der Waals surface area contributed by atoms with E-state index in [2.05, 4.69) is 21.2 Å². The molecule has 1 aliphatic carbocycles. The largest absolute Gasteiger partial charge is 0.381 e. The minimum absolute atomic E-state index is 0.162. The van der Waals surface area contributed by atoms with Gasteiger partial charge in [-0.05, 0) is 39.9 Å². The molecule has 62 valence electrons. The van der Waals surface area contributed by atoms with Crippen LogP contribution in [0.1, 0.15) is 6.42 Å². The van der Waals surface area contributed by atoms with E-state index >= 15 is 0 Å². The number of nitrogens with one attached hydrogen (secondary N) is 1. The van der Waals surface area contributed by atoms with Gasteiger partial charge in [0, 0.05) is 6.42 Å². The number of carbonyl (C=O) groups is 1. The molecule has 3 heteroatoms. The summed E-state index contributed by atoms with van der Waals surface area (Å²) >= 11 is 3.24. The van der Waals surface area contributed by atoms with Gasteiger partial charge in [0.15, 0.2) is 5.78 Å². The van der Waals surface area contributed by atoms with Crippen LogP contribution in [0.15, 0.2) is 34.5 Å². The van der Waals surface area contributed by atoms with Crippen molar-refractivity contribution in [2.75, 3.05) is 0 Å². The summed E-state index contributed by atoms with van der Waals surface area (Å²) in [6.07, 6.45) is 8.24. The number of carbonyl (C=O) groups excluding carboxylic acids is 1. The van der Waals surface area contributed by atoms with Crippen LogP contribution in [0, 0.1) is 0 Å². The van der Waals surface area contributed by atoms with Crippen LogP contribution in [0.2, 0.25) is 0 Å². The van der Waals surface area contributed by atoms with Crippen molar-refractivity contribution in [2.45, 2.75) is 12.5 Å². The van der Waals surface area contributed by atoms with Crippen molar-refractivity contribution in [3.8, 4) is 0 Å². The molecule has 0 fully saturated rings. The van der Waals surface area contributed by atoms with Crippen LogP contribution in [0.4, 0.5) is 0 Å². The fourth-order valence-corrected chi connectivity index (χ4v) is 1.78. The average Bonchev–Trinajstić information content (AvgIpc) is 2.07. The second-order valence-corrected chi connectivity index (χ2v) is 3.71. The van der Waals surface area contributed by atoms with Crippen molar-refractivity contribution in [3.05, 3.63) is 34.5 Å². The average molecular weight is 226 g/mol. The fraction of sp³-hybridized carbons (Fsp3) is 0.222. The lowest BCUT2D eigenvalue weighted by Gasteiger charge is -2.23. The number of hydrogen-bond acceptors (Lipinski definition) is 2. The molecule has 0 aromatic heterocycles. The van der Waals surface area contributed by atoms with Crippen molar-refractivity contribution in [2.24, 2.45) is 0 Å². The zero-order valence-electron chi connectivity index (χ0n) is 6.38. The van der Waals surface area contributed by atoms with E-state index < -0.39 is 0 Å². The summed E-state index contributed by atoms with van der Waals surface area (Å²) in [7, 11) is 0. The van der Waals surface area contributed by atoms with Gasteiger partial charge in [-0.15, -0.1) is 0 Å². The van der Waals surface area contributed by atoms with Gasteiger partial charge in [0.1, 0.15) is 0 Å². The fourth-order valence-electron chi connectivity index (χ4n) is 1.37. The first-order chi connectivity index (χ1) is 5.77. The second-order valence-electron chi connectivity index (χ2n) is 2.86. The third-order valence-electron chi connectivity index (χ3n) is 2.03. The highest BCUT2D eigenvalue weighted by Crippen LogP contribution is 2.25. The Hall–Kier alpha value is -0.830. The third kappa shape index (κ3) is 1.25. The number of halogens is 1. The molecule has 0 amide bonds. The van der Waals surface area contributed by atoms with E-state index in [0.29, 0.717) is 10.9 Å². The third-order valence-corrected chi connectivity index (χ3v) is 2.73. The molecule has 0 radical (unpaired) electrons. The normalized spacial score (nSPS) is 27.1. The number of Topliss-reactive ketones (excluding diaryl/α,β-unsaturated/α-hetero) is 1. The SMILES string of the molecule is O=C1CC2=CC=CNC2C=C1Br. The maximum Gasteiger partial charge on any atom is 0.173 e. The molecule has 1 atom stereocenters. The first-order valence-electron chi connectivity index (χ1n) is 3.79. The van der Waals surface area contributed by atoms with E-state index in [1.807, 2.05) is 24.4 Å². The Balaban J connectivity index is 2.35. The molecule has 0 aromatic rings. The summed E-state index contributed by atoms with van der Waals surface area (Å²) < 4.78 is 0.687. The van der Waals surface area contributed by atoms with E-state index in [1.54, 1.807) is 0 Å². The van der Waals surface area contributed by atoms with E-state index in [1.165, 1.54) is 0 Å². The van der Waals surface area contributed by atoms with Crippen LogP contribution in [-0.2, 0) is 4.79 Å². The zero-order chi connectivity index (χ0) is 8.55. The molecule has 0 saturated carbocycles. The first-order valence-corrected chi connectivity index (χ1v) is 4.59. The van der Waals surface area contributed by atoms with Gasteiger partial charge >= 0.3 is 0 Å². The number of fused-ring (bicyclic) bond motifs is 1. The molecule has 1 aliphatic heterocycles. The van der Waals surface area contributed by atoms with Gasteiger partial charge < -0.3 is 5.32 Å². The second kappa shape index (κ2) is 2.90. The first kappa shape index (κ1) is 7.80. The molecular formula is C9H8BrNO. The molecular weight excluding hydrogens is 218 g/mol. The van der Waals surface area contributed by atoms with Gasteiger partial charge in [-0.25, -0.2) is 0 Å². The topological polar surface area (TPSA) is 29.1 Å². The van der Waals surface area contributed by atoms with Crippen LogP contribution in [0.5, 0.6) is 0 Å². The maximum atomic E-state index is 11.2. The quantitative estimate of drug-likeness (QED) is 0.680. The highest BCUT2D eigenvalue weighted by atomic mass is 79.9.